The summed E-state index contributed by atoms with van der Waals surface area (Å²) < 4.78 is 80.8. The van der Waals surface area contributed by atoms with Crippen molar-refractivity contribution < 1.29 is 40.0 Å². The second-order valence-corrected chi connectivity index (χ2v) is 11.6. The van der Waals surface area contributed by atoms with Crippen molar-refractivity contribution in [2.75, 3.05) is 27.4 Å². The van der Waals surface area contributed by atoms with Crippen molar-refractivity contribution in [3.05, 3.63) is 89.0 Å². The van der Waals surface area contributed by atoms with Crippen molar-refractivity contribution in [2.24, 2.45) is 0 Å². The first-order valence-corrected chi connectivity index (χ1v) is 13.7. The third-order valence-corrected chi connectivity index (χ3v) is 7.33. The summed E-state index contributed by atoms with van der Waals surface area (Å²) in [6.45, 7) is 6.81. The van der Waals surface area contributed by atoms with Crippen molar-refractivity contribution in [1.82, 2.24) is 4.90 Å². The quantitative estimate of drug-likeness (QED) is 0.271. The zero-order valence-electron chi connectivity index (χ0n) is 22.9. The molecule has 216 valence electrons. The maximum absolute atomic E-state index is 13.4. The molecule has 0 bridgehead atoms. The van der Waals surface area contributed by atoms with E-state index in [-0.39, 0.29) is 42.5 Å². The molecule has 0 aliphatic rings. The molecule has 40 heavy (non-hydrogen) atoms. The van der Waals surface area contributed by atoms with Gasteiger partial charge in [-0.05, 0) is 59.0 Å². The molecule has 7 nitrogen and oxygen atoms in total. The van der Waals surface area contributed by atoms with Gasteiger partial charge in [0.2, 0.25) is 0 Å². The van der Waals surface area contributed by atoms with E-state index >= 15 is 0 Å². The predicted octanol–water partition coefficient (Wildman–Crippen LogP) is 6.07. The summed E-state index contributed by atoms with van der Waals surface area (Å²) >= 11 is 0. The Morgan fingerprint density at radius 3 is 2.12 bits per heavy atom. The van der Waals surface area contributed by atoms with Gasteiger partial charge in [-0.15, -0.1) is 0 Å². The minimum atomic E-state index is -4.73. The minimum Gasteiger partial charge on any atom is -0.493 e. The van der Waals surface area contributed by atoms with Gasteiger partial charge >= 0.3 is 16.3 Å². The van der Waals surface area contributed by atoms with Gasteiger partial charge in [0.15, 0.2) is 11.5 Å². The number of ether oxygens (including phenoxy) is 2. The van der Waals surface area contributed by atoms with Crippen LogP contribution in [0.5, 0.6) is 11.5 Å². The fraction of sp³-hybridized carbons (Fsp3) is 0.345. The molecular formula is C29H32F3NO6S. The summed E-state index contributed by atoms with van der Waals surface area (Å²) in [5.74, 6) is -0.440. The number of hydrogen-bond donors (Lipinski definition) is 0. The van der Waals surface area contributed by atoms with E-state index in [1.807, 2.05) is 12.1 Å². The summed E-state index contributed by atoms with van der Waals surface area (Å²) in [4.78, 5) is 14.3. The van der Waals surface area contributed by atoms with Gasteiger partial charge in [0.1, 0.15) is 4.90 Å². The highest BCUT2D eigenvalue weighted by Crippen LogP contribution is 2.34. The summed E-state index contributed by atoms with van der Waals surface area (Å²) in [7, 11) is -1.83. The van der Waals surface area contributed by atoms with Crippen LogP contribution < -0.4 is 8.92 Å². The Labute approximate surface area is 232 Å². The van der Waals surface area contributed by atoms with Gasteiger partial charge in [0.25, 0.3) is 5.91 Å². The Morgan fingerprint density at radius 1 is 0.875 bits per heavy atom. The molecule has 0 aromatic heterocycles. The Bertz CT molecular complexity index is 1430. The van der Waals surface area contributed by atoms with Crippen molar-refractivity contribution >= 4 is 16.0 Å². The molecule has 0 aliphatic carbocycles. The van der Waals surface area contributed by atoms with E-state index in [4.69, 9.17) is 13.7 Å². The molecule has 1 amide bonds. The third-order valence-electron chi connectivity index (χ3n) is 6.10. The Balaban J connectivity index is 1.90. The molecule has 3 aromatic carbocycles. The maximum Gasteiger partial charge on any atom is 0.416 e. The number of halogens is 3. The van der Waals surface area contributed by atoms with Crippen molar-refractivity contribution in [3.8, 4) is 11.5 Å². The molecule has 11 heteroatoms. The van der Waals surface area contributed by atoms with E-state index in [2.05, 4.69) is 20.8 Å². The van der Waals surface area contributed by atoms with Gasteiger partial charge in [-0.3, -0.25) is 4.79 Å². The number of amides is 1. The highest BCUT2D eigenvalue weighted by atomic mass is 32.2. The molecule has 0 aliphatic heterocycles. The molecule has 0 saturated heterocycles. The van der Waals surface area contributed by atoms with Crippen LogP contribution in [0, 0.1) is 0 Å². The third kappa shape index (κ3) is 7.76. The van der Waals surface area contributed by atoms with Crippen LogP contribution >= 0.6 is 0 Å². The Hall–Kier alpha value is -3.57. The number of carbonyl (C=O) groups excluding carboxylic acids is 1. The first kappa shape index (κ1) is 31.0. The van der Waals surface area contributed by atoms with Gasteiger partial charge < -0.3 is 18.6 Å². The number of methoxy groups -OCH3 is 2. The molecule has 0 N–H and O–H groups in total. The number of rotatable bonds is 10. The number of hydrogen-bond acceptors (Lipinski definition) is 6. The van der Waals surface area contributed by atoms with Gasteiger partial charge in [0.05, 0.1) is 19.3 Å². The highest BCUT2D eigenvalue weighted by Gasteiger charge is 2.32. The van der Waals surface area contributed by atoms with E-state index < -0.39 is 26.8 Å². The van der Waals surface area contributed by atoms with E-state index in [9.17, 15) is 26.4 Å². The van der Waals surface area contributed by atoms with Gasteiger partial charge in [-0.2, -0.15) is 21.6 Å². The lowest BCUT2D eigenvalue weighted by Gasteiger charge is -2.24. The predicted molar refractivity (Wildman–Crippen MR) is 144 cm³/mol. The largest absolute Gasteiger partial charge is 0.493 e. The van der Waals surface area contributed by atoms with Crippen molar-refractivity contribution in [2.45, 2.75) is 43.8 Å². The molecule has 0 atom stereocenters. The normalized spacial score (nSPS) is 12.2. The Morgan fingerprint density at radius 2 is 1.55 bits per heavy atom. The lowest BCUT2D eigenvalue weighted by atomic mass is 9.86. The van der Waals surface area contributed by atoms with Crippen LogP contribution in [0.2, 0.25) is 0 Å². The molecule has 0 heterocycles. The van der Waals surface area contributed by atoms with Crippen LogP contribution in [0.3, 0.4) is 0 Å². The first-order valence-electron chi connectivity index (χ1n) is 12.3. The van der Waals surface area contributed by atoms with Crippen LogP contribution in [0.25, 0.3) is 0 Å². The number of benzene rings is 3. The minimum absolute atomic E-state index is 0.0480. The van der Waals surface area contributed by atoms with Crippen LogP contribution in [0.15, 0.2) is 71.6 Å². The standard InChI is InChI=1S/C29H32F3NO6S/c1-28(2,3)22-12-10-21(11-13-22)27(34)33(15-16-37-4)19-20-9-14-25(38-5)26(17-20)39-40(35,36)24-8-6-7-23(18-24)29(30,31)32/h6-14,17-18H,15-16,19H2,1-5H3. The smallest absolute Gasteiger partial charge is 0.416 e. The summed E-state index contributed by atoms with van der Waals surface area (Å²) in [5, 5.41) is 0. The van der Waals surface area contributed by atoms with Gasteiger partial charge in [0, 0.05) is 25.8 Å². The van der Waals surface area contributed by atoms with Crippen molar-refractivity contribution in [1.29, 1.82) is 0 Å². The highest BCUT2D eigenvalue weighted by molar-refractivity contribution is 7.87. The fourth-order valence-corrected chi connectivity index (χ4v) is 4.83. The first-order chi connectivity index (χ1) is 18.7. The molecule has 3 rings (SSSR count). The van der Waals surface area contributed by atoms with E-state index in [1.54, 1.807) is 23.1 Å². The summed E-state index contributed by atoms with van der Waals surface area (Å²) in [6, 6.07) is 15.1. The molecule has 0 spiro atoms. The van der Waals surface area contributed by atoms with Crippen molar-refractivity contribution in [3.63, 3.8) is 0 Å². The second-order valence-electron chi connectivity index (χ2n) is 10.1. The monoisotopic (exact) mass is 579 g/mol. The molecule has 0 fully saturated rings. The average Bonchev–Trinajstić information content (AvgIpc) is 2.90. The van der Waals surface area contributed by atoms with E-state index in [1.165, 1.54) is 26.4 Å². The maximum atomic E-state index is 13.4. The van der Waals surface area contributed by atoms with Gasteiger partial charge in [-0.1, -0.05) is 45.0 Å². The number of nitrogens with zero attached hydrogens (tertiary/aromatic N) is 1. The van der Waals surface area contributed by atoms with Crippen LogP contribution in [-0.2, 0) is 33.0 Å². The van der Waals surface area contributed by atoms with E-state index in [0.29, 0.717) is 17.2 Å². The summed E-state index contributed by atoms with van der Waals surface area (Å²) in [5.41, 5.74) is 0.852. The zero-order chi connectivity index (χ0) is 29.7. The Kier molecular flexibility index (Phi) is 9.52. The van der Waals surface area contributed by atoms with Gasteiger partial charge in [-0.25, -0.2) is 0 Å². The SMILES string of the molecule is COCCN(Cc1ccc(OC)c(OS(=O)(=O)c2cccc(C(F)(F)F)c2)c1)C(=O)c1ccc(C(C)(C)C)cc1. The van der Waals surface area contributed by atoms with Crippen LogP contribution in [0.1, 0.15) is 47.8 Å². The summed E-state index contributed by atoms with van der Waals surface area (Å²) in [6.07, 6.45) is -4.73. The van der Waals surface area contributed by atoms with E-state index in [0.717, 1.165) is 23.8 Å². The lowest BCUT2D eigenvalue weighted by molar-refractivity contribution is -0.137. The fourth-order valence-electron chi connectivity index (χ4n) is 3.85. The average molecular weight is 580 g/mol. The number of alkyl halides is 3. The molecule has 0 radical (unpaired) electrons. The lowest BCUT2D eigenvalue weighted by Crippen LogP contribution is -2.33. The van der Waals surface area contributed by atoms with Crippen LogP contribution in [-0.4, -0.2) is 46.6 Å². The second kappa shape index (κ2) is 12.3. The number of carbonyl (C=O) groups is 1. The van der Waals surface area contributed by atoms with Crippen LogP contribution in [0.4, 0.5) is 13.2 Å². The molecule has 3 aromatic rings. The molecule has 0 unspecified atom stereocenters. The molecule has 0 saturated carbocycles. The topological polar surface area (TPSA) is 82.1 Å². The zero-order valence-corrected chi connectivity index (χ0v) is 23.7. The molecular weight excluding hydrogens is 547 g/mol.